The minimum atomic E-state index is -0.299. The van der Waals surface area contributed by atoms with Crippen LogP contribution in [0.3, 0.4) is 0 Å². The van der Waals surface area contributed by atoms with E-state index in [4.69, 9.17) is 0 Å². The van der Waals surface area contributed by atoms with Gasteiger partial charge in [0, 0.05) is 25.4 Å². The molecule has 0 bridgehead atoms. The highest BCUT2D eigenvalue weighted by molar-refractivity contribution is 5.74. The summed E-state index contributed by atoms with van der Waals surface area (Å²) in [6.07, 6.45) is 5.06. The maximum Gasteiger partial charge on any atom is 0.315 e. The number of aliphatic hydroxyl groups is 1. The highest BCUT2D eigenvalue weighted by Gasteiger charge is 2.36. The molecule has 7 heteroatoms. The van der Waals surface area contributed by atoms with Gasteiger partial charge in [-0.3, -0.25) is 4.68 Å². The molecule has 6 nitrogen and oxygen atoms in total. The average Bonchev–Trinajstić information content (AvgIpc) is 2.98. The van der Waals surface area contributed by atoms with Gasteiger partial charge in [-0.2, -0.15) is 5.10 Å². The number of hydrogen-bond acceptors (Lipinski definition) is 3. The van der Waals surface area contributed by atoms with Crippen LogP contribution in [0, 0.1) is 11.7 Å². The minimum Gasteiger partial charge on any atom is -0.393 e. The summed E-state index contributed by atoms with van der Waals surface area (Å²) >= 11 is 0. The van der Waals surface area contributed by atoms with E-state index in [2.05, 4.69) is 15.7 Å². The first-order valence-corrected chi connectivity index (χ1v) is 8.47. The molecule has 0 radical (unpaired) electrons. The molecule has 1 aliphatic carbocycles. The zero-order chi connectivity index (χ0) is 17.8. The smallest absolute Gasteiger partial charge is 0.315 e. The molecule has 0 saturated heterocycles. The van der Waals surface area contributed by atoms with Crippen LogP contribution in [0.4, 0.5) is 9.18 Å². The van der Waals surface area contributed by atoms with Gasteiger partial charge < -0.3 is 15.7 Å². The number of rotatable bonds is 6. The molecule has 1 aromatic heterocycles. The van der Waals surface area contributed by atoms with Gasteiger partial charge in [0.2, 0.25) is 0 Å². The third-order valence-electron chi connectivity index (χ3n) is 4.63. The lowest BCUT2D eigenvalue weighted by molar-refractivity contribution is 0.0259. The normalized spacial score (nSPS) is 20.6. The Hall–Kier alpha value is -2.41. The molecule has 1 heterocycles. The maximum absolute atomic E-state index is 13.6. The average molecular weight is 346 g/mol. The molecule has 3 rings (SSSR count). The summed E-state index contributed by atoms with van der Waals surface area (Å²) in [6.45, 7) is 0.347. The van der Waals surface area contributed by atoms with E-state index in [0.29, 0.717) is 31.4 Å². The number of nitrogens with zero attached hydrogens (tertiary/aromatic N) is 2. The van der Waals surface area contributed by atoms with Crippen molar-refractivity contribution in [3.8, 4) is 0 Å². The van der Waals surface area contributed by atoms with Crippen LogP contribution in [0.2, 0.25) is 0 Å². The number of nitrogens with one attached hydrogen (secondary N) is 2. The van der Waals surface area contributed by atoms with E-state index < -0.39 is 0 Å². The number of carbonyl (C=O) groups excluding carboxylic acids is 1. The summed E-state index contributed by atoms with van der Waals surface area (Å²) in [5, 5.41) is 19.5. The molecule has 1 aromatic carbocycles. The van der Waals surface area contributed by atoms with Gasteiger partial charge in [-0.1, -0.05) is 18.2 Å². The Balaban J connectivity index is 1.54. The van der Waals surface area contributed by atoms with E-state index in [0.717, 1.165) is 5.56 Å². The second-order valence-electron chi connectivity index (χ2n) is 6.55. The Morgan fingerprint density at radius 2 is 2.20 bits per heavy atom. The van der Waals surface area contributed by atoms with Gasteiger partial charge in [0.25, 0.3) is 0 Å². The second kappa shape index (κ2) is 7.65. The number of aryl methyl sites for hydroxylation is 1. The Morgan fingerprint density at radius 3 is 2.84 bits per heavy atom. The summed E-state index contributed by atoms with van der Waals surface area (Å²) in [5.74, 6) is -0.0714. The first kappa shape index (κ1) is 17.4. The van der Waals surface area contributed by atoms with Crippen LogP contribution in [-0.4, -0.2) is 33.6 Å². The molecule has 134 valence electrons. The number of halogens is 1. The molecular formula is C18H23FN4O2. The van der Waals surface area contributed by atoms with Crippen molar-refractivity contribution in [2.24, 2.45) is 13.0 Å². The largest absolute Gasteiger partial charge is 0.393 e. The maximum atomic E-state index is 13.6. The third-order valence-corrected chi connectivity index (χ3v) is 4.63. The Bertz CT molecular complexity index is 727. The number of benzene rings is 1. The summed E-state index contributed by atoms with van der Waals surface area (Å²) in [5.41, 5.74) is 1.50. The number of aromatic nitrogens is 2. The van der Waals surface area contributed by atoms with E-state index in [1.54, 1.807) is 29.1 Å². The van der Waals surface area contributed by atoms with Crippen LogP contribution in [0.1, 0.15) is 30.0 Å². The lowest BCUT2D eigenvalue weighted by Crippen LogP contribution is -2.45. The van der Waals surface area contributed by atoms with Crippen molar-refractivity contribution < 1.29 is 14.3 Å². The molecule has 1 atom stereocenters. The van der Waals surface area contributed by atoms with Crippen molar-refractivity contribution in [1.29, 1.82) is 0 Å². The van der Waals surface area contributed by atoms with Crippen molar-refractivity contribution in [2.45, 2.75) is 31.4 Å². The van der Waals surface area contributed by atoms with Crippen LogP contribution < -0.4 is 10.6 Å². The van der Waals surface area contributed by atoms with Crippen LogP contribution in [0.5, 0.6) is 0 Å². The predicted octanol–water partition coefficient (Wildman–Crippen LogP) is 1.91. The van der Waals surface area contributed by atoms with E-state index in [1.807, 2.05) is 13.2 Å². The van der Waals surface area contributed by atoms with Crippen LogP contribution >= 0.6 is 0 Å². The fourth-order valence-corrected chi connectivity index (χ4v) is 3.18. The van der Waals surface area contributed by atoms with Crippen molar-refractivity contribution in [1.82, 2.24) is 20.4 Å². The zero-order valence-electron chi connectivity index (χ0n) is 14.2. The van der Waals surface area contributed by atoms with Crippen LogP contribution in [-0.2, 0) is 13.5 Å². The fraction of sp³-hybridized carbons (Fsp3) is 0.444. The molecule has 2 aromatic rings. The Kier molecular flexibility index (Phi) is 5.33. The standard InChI is InChI=1S/C18H23FN4O2/c1-23-11-14(10-21-23)17(13-8-15(24)9-13)22-18(25)20-7-6-12-4-2-3-5-16(12)19/h2-5,10-11,13,15,17,24H,6-9H2,1H3,(H2,20,22,25)/t13?,15?,17-/m1/s1. The van der Waals surface area contributed by atoms with Crippen molar-refractivity contribution >= 4 is 6.03 Å². The number of hydrogen-bond donors (Lipinski definition) is 3. The molecule has 1 fully saturated rings. The van der Waals surface area contributed by atoms with Crippen molar-refractivity contribution in [2.75, 3.05) is 6.54 Å². The lowest BCUT2D eigenvalue weighted by Gasteiger charge is -2.37. The third kappa shape index (κ3) is 4.36. The molecule has 0 spiro atoms. The second-order valence-corrected chi connectivity index (χ2v) is 6.55. The van der Waals surface area contributed by atoms with Crippen LogP contribution in [0.25, 0.3) is 0 Å². The topological polar surface area (TPSA) is 79.2 Å². The minimum absolute atomic E-state index is 0.189. The highest BCUT2D eigenvalue weighted by Crippen LogP contribution is 2.37. The number of carbonyl (C=O) groups is 1. The Labute approximate surface area is 146 Å². The summed E-state index contributed by atoms with van der Waals surface area (Å²) in [4.78, 5) is 12.2. The van der Waals surface area contributed by atoms with Gasteiger partial charge in [0.15, 0.2) is 0 Å². The molecule has 3 N–H and O–H groups in total. The quantitative estimate of drug-likeness (QED) is 0.748. The first-order valence-electron chi connectivity index (χ1n) is 8.47. The van der Waals surface area contributed by atoms with Gasteiger partial charge in [-0.25, -0.2) is 9.18 Å². The molecular weight excluding hydrogens is 323 g/mol. The predicted molar refractivity (Wildman–Crippen MR) is 91.3 cm³/mol. The van der Waals surface area contributed by atoms with E-state index >= 15 is 0 Å². The lowest BCUT2D eigenvalue weighted by atomic mass is 9.75. The van der Waals surface area contributed by atoms with E-state index in [-0.39, 0.29) is 29.9 Å². The van der Waals surface area contributed by atoms with Crippen molar-refractivity contribution in [3.05, 3.63) is 53.6 Å². The van der Waals surface area contributed by atoms with Gasteiger partial charge >= 0.3 is 6.03 Å². The Morgan fingerprint density at radius 1 is 1.44 bits per heavy atom. The van der Waals surface area contributed by atoms with Gasteiger partial charge in [-0.05, 0) is 36.8 Å². The fourth-order valence-electron chi connectivity index (χ4n) is 3.18. The highest BCUT2D eigenvalue weighted by atomic mass is 19.1. The van der Waals surface area contributed by atoms with E-state index in [9.17, 15) is 14.3 Å². The van der Waals surface area contributed by atoms with Crippen molar-refractivity contribution in [3.63, 3.8) is 0 Å². The molecule has 1 aliphatic rings. The number of aliphatic hydroxyl groups excluding tert-OH is 1. The molecule has 25 heavy (non-hydrogen) atoms. The molecule has 0 unspecified atom stereocenters. The summed E-state index contributed by atoms with van der Waals surface area (Å²) in [6, 6.07) is 6.06. The molecule has 2 amide bonds. The van der Waals surface area contributed by atoms with Gasteiger partial charge in [0.05, 0.1) is 18.3 Å². The number of amides is 2. The monoisotopic (exact) mass is 346 g/mol. The SMILES string of the molecule is Cn1cc([C@H](NC(=O)NCCc2ccccc2F)C2CC(O)C2)cn1. The van der Waals surface area contributed by atoms with E-state index in [1.165, 1.54) is 6.07 Å². The van der Waals surface area contributed by atoms with Gasteiger partial charge in [-0.15, -0.1) is 0 Å². The van der Waals surface area contributed by atoms with Crippen LogP contribution in [0.15, 0.2) is 36.7 Å². The molecule has 0 aliphatic heterocycles. The summed E-state index contributed by atoms with van der Waals surface area (Å²) < 4.78 is 15.3. The van der Waals surface area contributed by atoms with Gasteiger partial charge in [0.1, 0.15) is 5.82 Å². The molecule has 1 saturated carbocycles. The summed E-state index contributed by atoms with van der Waals surface area (Å²) in [7, 11) is 1.82. The number of urea groups is 1. The zero-order valence-corrected chi connectivity index (χ0v) is 14.2. The first-order chi connectivity index (χ1) is 12.0.